The third kappa shape index (κ3) is 2.19. The summed E-state index contributed by atoms with van der Waals surface area (Å²) < 4.78 is 0. The van der Waals surface area contributed by atoms with E-state index in [1.165, 1.54) is 38.5 Å². The topological polar surface area (TPSA) is 0 Å². The fraction of sp³-hybridized carbons (Fsp3) is 0.733. The van der Waals surface area contributed by atoms with Crippen LogP contribution in [0.4, 0.5) is 0 Å². The Morgan fingerprint density at radius 3 is 2.87 bits per heavy atom. The molecule has 0 nitrogen and oxygen atoms in total. The fourth-order valence-corrected chi connectivity index (χ4v) is 3.49. The smallest absolute Gasteiger partial charge is 0.0169 e. The van der Waals surface area contributed by atoms with Crippen LogP contribution in [-0.2, 0) is 0 Å². The van der Waals surface area contributed by atoms with Crippen molar-refractivity contribution >= 4 is 0 Å². The minimum atomic E-state index is 0.891. The van der Waals surface area contributed by atoms with E-state index in [9.17, 15) is 0 Å². The van der Waals surface area contributed by atoms with Crippen LogP contribution in [-0.4, -0.2) is 0 Å². The Labute approximate surface area is 94.5 Å². The Balaban J connectivity index is 2.22. The van der Waals surface area contributed by atoms with Gasteiger partial charge in [0.25, 0.3) is 0 Å². The molecule has 0 aromatic carbocycles. The molecular formula is C15H24. The number of hydrogen-bond acceptors (Lipinski definition) is 0. The van der Waals surface area contributed by atoms with E-state index in [1.54, 1.807) is 5.57 Å². The molecule has 2 aliphatic carbocycles. The van der Waals surface area contributed by atoms with Gasteiger partial charge in [-0.2, -0.15) is 0 Å². The molecule has 0 heterocycles. The van der Waals surface area contributed by atoms with Crippen LogP contribution >= 0.6 is 0 Å². The van der Waals surface area contributed by atoms with Crippen molar-refractivity contribution < 1.29 is 0 Å². The van der Waals surface area contributed by atoms with Crippen LogP contribution in [0.15, 0.2) is 23.8 Å². The maximum Gasteiger partial charge on any atom is -0.0169 e. The summed E-state index contributed by atoms with van der Waals surface area (Å²) in [7, 11) is 0. The molecule has 3 unspecified atom stereocenters. The van der Waals surface area contributed by atoms with E-state index in [4.69, 9.17) is 0 Å². The van der Waals surface area contributed by atoms with Crippen LogP contribution in [0, 0.1) is 17.8 Å². The van der Waals surface area contributed by atoms with Crippen molar-refractivity contribution in [3.63, 3.8) is 0 Å². The molecule has 0 aromatic rings. The van der Waals surface area contributed by atoms with Gasteiger partial charge in [-0.1, -0.05) is 44.1 Å². The summed E-state index contributed by atoms with van der Waals surface area (Å²) in [6.45, 7) is 4.72. The fourth-order valence-electron chi connectivity index (χ4n) is 3.49. The number of allylic oxidation sites excluding steroid dienone is 4. The van der Waals surface area contributed by atoms with Gasteiger partial charge in [-0.25, -0.2) is 0 Å². The van der Waals surface area contributed by atoms with E-state index in [-0.39, 0.29) is 0 Å². The molecule has 1 fully saturated rings. The predicted molar refractivity (Wildman–Crippen MR) is 66.7 cm³/mol. The van der Waals surface area contributed by atoms with Crippen molar-refractivity contribution in [1.82, 2.24) is 0 Å². The van der Waals surface area contributed by atoms with Gasteiger partial charge in [0.15, 0.2) is 0 Å². The zero-order chi connectivity index (χ0) is 10.7. The van der Waals surface area contributed by atoms with E-state index in [2.05, 4.69) is 32.1 Å². The van der Waals surface area contributed by atoms with Gasteiger partial charge in [-0.05, 0) is 49.9 Å². The molecule has 0 saturated heterocycles. The van der Waals surface area contributed by atoms with Crippen LogP contribution in [0.5, 0.6) is 0 Å². The van der Waals surface area contributed by atoms with E-state index >= 15 is 0 Å². The predicted octanol–water partition coefficient (Wildman–Crippen LogP) is 4.73. The molecule has 0 spiro atoms. The molecule has 0 N–H and O–H groups in total. The van der Waals surface area contributed by atoms with Gasteiger partial charge in [0, 0.05) is 0 Å². The van der Waals surface area contributed by atoms with Gasteiger partial charge in [0.1, 0.15) is 0 Å². The number of fused-ring (bicyclic) bond motifs is 1. The molecular weight excluding hydrogens is 180 g/mol. The van der Waals surface area contributed by atoms with Gasteiger partial charge in [-0.3, -0.25) is 0 Å². The zero-order valence-electron chi connectivity index (χ0n) is 10.2. The number of hydrogen-bond donors (Lipinski definition) is 0. The highest BCUT2D eigenvalue weighted by Crippen LogP contribution is 2.47. The standard InChI is InChI=1S/C15H24/c1-3-12-11-13(4-2)15-10-8-6-5-7-9-14(12)15/h5,7,9,12-13,15H,3-4,6,8,10-11H2,1-2H3/b7-5-,14-9?. The monoisotopic (exact) mass is 204 g/mol. The van der Waals surface area contributed by atoms with Gasteiger partial charge >= 0.3 is 0 Å². The Bertz CT molecular complexity index is 259. The lowest BCUT2D eigenvalue weighted by Gasteiger charge is -2.20. The highest BCUT2D eigenvalue weighted by Gasteiger charge is 2.35. The van der Waals surface area contributed by atoms with Crippen molar-refractivity contribution in [2.24, 2.45) is 17.8 Å². The van der Waals surface area contributed by atoms with Crippen LogP contribution in [0.25, 0.3) is 0 Å². The maximum atomic E-state index is 2.44. The third-order valence-electron chi connectivity index (χ3n) is 4.38. The van der Waals surface area contributed by atoms with E-state index in [1.807, 2.05) is 0 Å². The Hall–Kier alpha value is -0.520. The second-order valence-corrected chi connectivity index (χ2v) is 5.14. The largest absolute Gasteiger partial charge is 0.0845 e. The molecule has 0 amide bonds. The first-order chi connectivity index (χ1) is 7.36. The van der Waals surface area contributed by atoms with Crippen LogP contribution in [0.3, 0.4) is 0 Å². The van der Waals surface area contributed by atoms with Crippen molar-refractivity contribution in [3.05, 3.63) is 23.8 Å². The number of rotatable bonds is 2. The molecule has 2 rings (SSSR count). The first-order valence-electron chi connectivity index (χ1n) is 6.73. The summed E-state index contributed by atoms with van der Waals surface area (Å²) in [4.78, 5) is 0. The van der Waals surface area contributed by atoms with Crippen LogP contribution in [0.1, 0.15) is 52.4 Å². The Kier molecular flexibility index (Phi) is 3.66. The second kappa shape index (κ2) is 5.01. The first-order valence-corrected chi connectivity index (χ1v) is 6.73. The molecule has 0 aliphatic heterocycles. The van der Waals surface area contributed by atoms with Gasteiger partial charge in [-0.15, -0.1) is 0 Å². The van der Waals surface area contributed by atoms with E-state index < -0.39 is 0 Å². The van der Waals surface area contributed by atoms with Crippen molar-refractivity contribution in [3.8, 4) is 0 Å². The highest BCUT2D eigenvalue weighted by molar-refractivity contribution is 5.23. The zero-order valence-corrected chi connectivity index (χ0v) is 10.2. The molecule has 0 aromatic heterocycles. The Morgan fingerprint density at radius 1 is 1.27 bits per heavy atom. The SMILES string of the molecule is CCC1CC(CC)C2CCC/C=C\C=C12. The summed E-state index contributed by atoms with van der Waals surface area (Å²) in [5.41, 5.74) is 1.78. The summed E-state index contributed by atoms with van der Waals surface area (Å²) in [5, 5.41) is 0. The van der Waals surface area contributed by atoms with Gasteiger partial charge in [0.05, 0.1) is 0 Å². The summed E-state index contributed by atoms with van der Waals surface area (Å²) in [5.74, 6) is 2.79. The van der Waals surface area contributed by atoms with E-state index in [0.29, 0.717) is 0 Å². The first kappa shape index (κ1) is 11.0. The van der Waals surface area contributed by atoms with Crippen molar-refractivity contribution in [2.45, 2.75) is 52.4 Å². The van der Waals surface area contributed by atoms with Crippen molar-refractivity contribution in [2.75, 3.05) is 0 Å². The van der Waals surface area contributed by atoms with Crippen molar-refractivity contribution in [1.29, 1.82) is 0 Å². The quantitative estimate of drug-likeness (QED) is 0.610. The molecule has 3 atom stereocenters. The minimum Gasteiger partial charge on any atom is -0.0845 e. The summed E-state index contributed by atoms with van der Waals surface area (Å²) in [6.07, 6.45) is 15.4. The lowest BCUT2D eigenvalue weighted by Crippen LogP contribution is -2.09. The minimum absolute atomic E-state index is 0.891. The Morgan fingerprint density at radius 2 is 2.13 bits per heavy atom. The molecule has 0 radical (unpaired) electrons. The normalized spacial score (nSPS) is 37.7. The molecule has 1 saturated carbocycles. The molecule has 2 aliphatic rings. The molecule has 15 heavy (non-hydrogen) atoms. The van der Waals surface area contributed by atoms with Crippen LogP contribution in [0.2, 0.25) is 0 Å². The summed E-state index contributed by atoms with van der Waals surface area (Å²) in [6, 6.07) is 0. The molecule has 0 heteroatoms. The summed E-state index contributed by atoms with van der Waals surface area (Å²) >= 11 is 0. The lowest BCUT2D eigenvalue weighted by molar-refractivity contribution is 0.373. The highest BCUT2D eigenvalue weighted by atomic mass is 14.4. The second-order valence-electron chi connectivity index (χ2n) is 5.14. The molecule has 0 bridgehead atoms. The van der Waals surface area contributed by atoms with E-state index in [0.717, 1.165) is 17.8 Å². The average Bonchev–Trinajstić information content (AvgIpc) is 2.54. The molecule has 84 valence electrons. The van der Waals surface area contributed by atoms with Gasteiger partial charge < -0.3 is 0 Å². The third-order valence-corrected chi connectivity index (χ3v) is 4.38. The maximum absolute atomic E-state index is 2.44. The van der Waals surface area contributed by atoms with Gasteiger partial charge in [0.2, 0.25) is 0 Å². The average molecular weight is 204 g/mol. The lowest BCUT2D eigenvalue weighted by atomic mass is 9.85. The van der Waals surface area contributed by atoms with Crippen LogP contribution < -0.4 is 0 Å².